The van der Waals surface area contributed by atoms with E-state index in [4.69, 9.17) is 27.9 Å². The standard InChI is InChI=1S/C33H37Cl2N3O6/c1-3-33(4-2,30(40)31(41)38-18-16-37(17-19-38)23-10-12-24(39)13-11-23)36-29(32(42)43)20-22-8-14-25(15-9-22)44-21-26-27(34)6-5-7-28(26)35/h5-15,29,36,39H,3-4,16-21H2,1-2H3,(H,42,43)/t29-/m0/s1. The Morgan fingerprint density at radius 2 is 1.50 bits per heavy atom. The fraction of sp³-hybridized carbons (Fsp3) is 0.364. The summed E-state index contributed by atoms with van der Waals surface area (Å²) in [4.78, 5) is 43.1. The summed E-state index contributed by atoms with van der Waals surface area (Å²) in [5.41, 5.74) is 0.987. The molecule has 0 saturated carbocycles. The summed E-state index contributed by atoms with van der Waals surface area (Å²) in [7, 11) is 0. The molecule has 1 amide bonds. The number of nitrogens with zero attached hydrogens (tertiary/aromatic N) is 2. The Kier molecular flexibility index (Phi) is 11.1. The van der Waals surface area contributed by atoms with Gasteiger partial charge in [0.1, 0.15) is 24.1 Å². The molecule has 0 radical (unpaired) electrons. The number of phenols is 1. The molecule has 44 heavy (non-hydrogen) atoms. The maximum atomic E-state index is 13.7. The molecule has 1 aliphatic rings. The lowest BCUT2D eigenvalue weighted by Gasteiger charge is -2.39. The zero-order valence-corrected chi connectivity index (χ0v) is 26.3. The van der Waals surface area contributed by atoms with E-state index in [0.29, 0.717) is 47.5 Å². The molecule has 0 unspecified atom stereocenters. The smallest absolute Gasteiger partial charge is 0.321 e. The number of halogens is 2. The van der Waals surface area contributed by atoms with Crippen molar-refractivity contribution in [2.75, 3.05) is 31.1 Å². The minimum atomic E-state index is -1.33. The van der Waals surface area contributed by atoms with Gasteiger partial charge in [0.15, 0.2) is 0 Å². The zero-order chi connectivity index (χ0) is 31.9. The number of anilines is 1. The molecular formula is C33H37Cl2N3O6. The maximum Gasteiger partial charge on any atom is 0.321 e. The average molecular weight is 643 g/mol. The predicted octanol–water partition coefficient (Wildman–Crippen LogP) is 5.34. The molecule has 3 N–H and O–H groups in total. The quantitative estimate of drug-likeness (QED) is 0.214. The molecule has 4 rings (SSSR count). The van der Waals surface area contributed by atoms with Crippen LogP contribution < -0.4 is 15.0 Å². The van der Waals surface area contributed by atoms with Crippen LogP contribution in [0, 0.1) is 0 Å². The van der Waals surface area contributed by atoms with E-state index < -0.39 is 29.2 Å². The molecule has 0 spiro atoms. The second-order valence-electron chi connectivity index (χ2n) is 10.8. The highest BCUT2D eigenvalue weighted by molar-refractivity contribution is 6.39. The van der Waals surface area contributed by atoms with Gasteiger partial charge in [0.2, 0.25) is 5.78 Å². The first-order chi connectivity index (χ1) is 21.1. The van der Waals surface area contributed by atoms with Gasteiger partial charge in [0.25, 0.3) is 5.91 Å². The van der Waals surface area contributed by atoms with Crippen molar-refractivity contribution in [3.05, 3.63) is 87.9 Å². The molecule has 3 aromatic carbocycles. The highest BCUT2D eigenvalue weighted by Gasteiger charge is 2.43. The van der Waals surface area contributed by atoms with Crippen molar-refractivity contribution >= 4 is 46.5 Å². The molecule has 1 fully saturated rings. The number of hydrogen-bond acceptors (Lipinski definition) is 7. The number of benzene rings is 3. The van der Waals surface area contributed by atoms with E-state index in [1.807, 2.05) is 12.1 Å². The fourth-order valence-corrected chi connectivity index (χ4v) is 5.84. The number of ether oxygens (including phenoxy) is 1. The van der Waals surface area contributed by atoms with Gasteiger partial charge in [-0.2, -0.15) is 0 Å². The van der Waals surface area contributed by atoms with Crippen LogP contribution in [0.2, 0.25) is 10.0 Å². The van der Waals surface area contributed by atoms with Gasteiger partial charge in [-0.1, -0.05) is 55.2 Å². The Bertz CT molecular complexity index is 1430. The zero-order valence-electron chi connectivity index (χ0n) is 24.8. The van der Waals surface area contributed by atoms with Crippen molar-refractivity contribution in [3.8, 4) is 11.5 Å². The number of aliphatic carboxylic acids is 1. The monoisotopic (exact) mass is 641 g/mol. The Morgan fingerprint density at radius 3 is 2.05 bits per heavy atom. The number of Topliss-reactive ketones (excluding diaryl/α,β-unsaturated/α-hetero) is 1. The molecule has 0 aliphatic carbocycles. The summed E-state index contributed by atoms with van der Waals surface area (Å²) < 4.78 is 5.83. The Balaban J connectivity index is 1.39. The van der Waals surface area contributed by atoms with Crippen molar-refractivity contribution < 1.29 is 29.3 Å². The Hall–Kier alpha value is -3.79. The number of piperazine rings is 1. The fourth-order valence-electron chi connectivity index (χ4n) is 5.34. The number of hydrogen-bond donors (Lipinski definition) is 3. The molecule has 0 aromatic heterocycles. The van der Waals surface area contributed by atoms with E-state index in [1.165, 1.54) is 4.90 Å². The molecule has 234 valence electrons. The van der Waals surface area contributed by atoms with Crippen LogP contribution in [0.15, 0.2) is 66.7 Å². The van der Waals surface area contributed by atoms with Crippen LogP contribution in [0.4, 0.5) is 5.69 Å². The summed E-state index contributed by atoms with van der Waals surface area (Å²) in [5, 5.41) is 23.7. The molecule has 11 heteroatoms. The minimum Gasteiger partial charge on any atom is -0.508 e. The van der Waals surface area contributed by atoms with Crippen LogP contribution in [0.1, 0.15) is 37.8 Å². The van der Waals surface area contributed by atoms with Crippen LogP contribution in [0.25, 0.3) is 0 Å². The van der Waals surface area contributed by atoms with Gasteiger partial charge < -0.3 is 24.7 Å². The van der Waals surface area contributed by atoms with E-state index >= 15 is 0 Å². The number of aromatic hydroxyl groups is 1. The minimum absolute atomic E-state index is 0.0977. The number of ketones is 1. The number of phenolic OH excluding ortho intramolecular Hbond substituents is 1. The predicted molar refractivity (Wildman–Crippen MR) is 171 cm³/mol. The SMILES string of the molecule is CCC(CC)(N[C@@H](Cc1ccc(OCc2c(Cl)cccc2Cl)cc1)C(=O)O)C(=O)C(=O)N1CCN(c2ccc(O)cc2)CC1. The summed E-state index contributed by atoms with van der Waals surface area (Å²) in [5.74, 6) is -1.62. The number of nitrogens with one attached hydrogen (secondary N) is 1. The third-order valence-corrected chi connectivity index (χ3v) is 8.88. The molecule has 0 bridgehead atoms. The van der Waals surface area contributed by atoms with Crippen molar-refractivity contribution in [1.29, 1.82) is 0 Å². The van der Waals surface area contributed by atoms with Gasteiger partial charge in [-0.3, -0.25) is 19.7 Å². The second kappa shape index (κ2) is 14.8. The van der Waals surface area contributed by atoms with Crippen LogP contribution >= 0.6 is 23.2 Å². The van der Waals surface area contributed by atoms with E-state index in [1.54, 1.807) is 68.4 Å². The van der Waals surface area contributed by atoms with Gasteiger partial charge in [-0.15, -0.1) is 0 Å². The average Bonchev–Trinajstić information content (AvgIpc) is 3.03. The number of carbonyl (C=O) groups is 3. The topological polar surface area (TPSA) is 119 Å². The van der Waals surface area contributed by atoms with Gasteiger partial charge >= 0.3 is 5.97 Å². The highest BCUT2D eigenvalue weighted by atomic mass is 35.5. The summed E-state index contributed by atoms with van der Waals surface area (Å²) in [6.07, 6.45) is 0.603. The lowest BCUT2D eigenvalue weighted by Crippen LogP contribution is -2.62. The van der Waals surface area contributed by atoms with Crippen molar-refractivity contribution in [3.63, 3.8) is 0 Å². The van der Waals surface area contributed by atoms with Crippen LogP contribution in [0.5, 0.6) is 11.5 Å². The molecule has 1 heterocycles. The normalized spacial score (nSPS) is 14.3. The number of carboxylic acid groups (broad SMARTS) is 1. The first kappa shape index (κ1) is 33.1. The molecule has 1 saturated heterocycles. The van der Waals surface area contributed by atoms with Crippen molar-refractivity contribution in [2.24, 2.45) is 0 Å². The van der Waals surface area contributed by atoms with Crippen molar-refractivity contribution in [1.82, 2.24) is 10.2 Å². The number of carboxylic acids is 1. The van der Waals surface area contributed by atoms with Gasteiger partial charge in [-0.05, 0) is 73.4 Å². The first-order valence-corrected chi connectivity index (χ1v) is 15.3. The van der Waals surface area contributed by atoms with E-state index in [0.717, 1.165) is 11.3 Å². The molecule has 9 nitrogen and oxygen atoms in total. The van der Waals surface area contributed by atoms with Crippen molar-refractivity contribution in [2.45, 2.75) is 51.3 Å². The van der Waals surface area contributed by atoms with Crippen LogP contribution in [0.3, 0.4) is 0 Å². The van der Waals surface area contributed by atoms with E-state index in [2.05, 4.69) is 10.2 Å². The summed E-state index contributed by atoms with van der Waals surface area (Å²) in [6, 6.07) is 18.0. The lowest BCUT2D eigenvalue weighted by atomic mass is 9.85. The molecule has 1 atom stereocenters. The second-order valence-corrected chi connectivity index (χ2v) is 11.6. The molecule has 1 aliphatic heterocycles. The number of rotatable bonds is 13. The van der Waals surface area contributed by atoms with Gasteiger partial charge in [0.05, 0.1) is 5.54 Å². The van der Waals surface area contributed by atoms with E-state index in [9.17, 15) is 24.6 Å². The first-order valence-electron chi connectivity index (χ1n) is 14.6. The maximum absolute atomic E-state index is 13.7. The Morgan fingerprint density at radius 1 is 0.909 bits per heavy atom. The number of carbonyl (C=O) groups excluding carboxylic acids is 2. The molecular weight excluding hydrogens is 605 g/mol. The van der Waals surface area contributed by atoms with E-state index in [-0.39, 0.29) is 31.6 Å². The molecule has 3 aromatic rings. The largest absolute Gasteiger partial charge is 0.508 e. The van der Waals surface area contributed by atoms with Gasteiger partial charge in [-0.25, -0.2) is 0 Å². The summed E-state index contributed by atoms with van der Waals surface area (Å²) in [6.45, 7) is 5.51. The lowest BCUT2D eigenvalue weighted by molar-refractivity contribution is -0.150. The number of amides is 1. The third kappa shape index (κ3) is 7.83. The summed E-state index contributed by atoms with van der Waals surface area (Å²) >= 11 is 12.4. The third-order valence-electron chi connectivity index (χ3n) is 8.17. The van der Waals surface area contributed by atoms with Crippen LogP contribution in [-0.2, 0) is 27.4 Å². The highest BCUT2D eigenvalue weighted by Crippen LogP contribution is 2.27. The van der Waals surface area contributed by atoms with Gasteiger partial charge in [0, 0.05) is 47.5 Å². The van der Waals surface area contributed by atoms with Crippen LogP contribution in [-0.4, -0.2) is 70.5 Å². The Labute approximate surface area is 267 Å².